The monoisotopic (exact) mass is 756 g/mol. The van der Waals surface area contributed by atoms with Gasteiger partial charge in [-0.3, -0.25) is 27.1 Å². The summed E-state index contributed by atoms with van der Waals surface area (Å²) in [6.45, 7) is -29.4. The first kappa shape index (κ1) is 37.2. The van der Waals surface area contributed by atoms with Crippen molar-refractivity contribution in [3.63, 3.8) is 0 Å². The predicted molar refractivity (Wildman–Crippen MR) is 142 cm³/mol. The van der Waals surface area contributed by atoms with Gasteiger partial charge in [-0.1, -0.05) is 0 Å². The van der Waals surface area contributed by atoms with E-state index in [0.717, 1.165) is 0 Å². The molecule has 1 rings (SSSR count). The summed E-state index contributed by atoms with van der Waals surface area (Å²) in [6, 6.07) is 0. The van der Waals surface area contributed by atoms with Crippen LogP contribution < -0.4 is 0 Å². The Balaban J connectivity index is 4.04. The van der Waals surface area contributed by atoms with Gasteiger partial charge in [0.05, 0.1) is 0 Å². The molecule has 0 aromatic heterocycles. The summed E-state index contributed by atoms with van der Waals surface area (Å²) < 4.78 is 28.9. The van der Waals surface area contributed by atoms with Gasteiger partial charge in [0, 0.05) is 0 Å². The standard InChI is InChI=1S/C6H18O18P6S6/c7-25(8,31)19-1-2(20-26(9,10)32)4(22-28(13,14)34)6(24-30(17,18)36)5(23-29(15,16)35)3(1)21-27(11,12)33/h1-6H,(H2,7,8,31)(H2,9,10,32)(H2,11,12,33)(H2,13,14,34)(H2,15,16,35)(H2,17,18,36). The van der Waals surface area contributed by atoms with Crippen molar-refractivity contribution in [2.75, 3.05) is 0 Å². The van der Waals surface area contributed by atoms with Gasteiger partial charge in [0.2, 0.25) is 0 Å². The molecule has 0 atom stereocenters. The summed E-state index contributed by atoms with van der Waals surface area (Å²) in [7, 11) is 0. The number of rotatable bonds is 12. The Kier molecular flexibility index (Phi) is 13.7. The predicted octanol–water partition coefficient (Wildman–Crippen LogP) is -2.43. The van der Waals surface area contributed by atoms with Crippen molar-refractivity contribution >= 4 is 111 Å². The van der Waals surface area contributed by atoms with Crippen molar-refractivity contribution in [3.8, 4) is 0 Å². The highest BCUT2D eigenvalue weighted by Crippen LogP contribution is 2.57. The molecule has 12 N–H and O–H groups in total. The lowest BCUT2D eigenvalue weighted by atomic mass is 9.85. The van der Waals surface area contributed by atoms with Crippen LogP contribution in [-0.2, 0) is 98.0 Å². The maximum absolute atomic E-state index is 9.73. The second-order valence-electron chi connectivity index (χ2n) is 6.36. The van der Waals surface area contributed by atoms with E-state index >= 15 is 0 Å². The van der Waals surface area contributed by atoms with Crippen LogP contribution in [0.1, 0.15) is 0 Å². The van der Waals surface area contributed by atoms with Crippen LogP contribution in [-0.4, -0.2) is 95.3 Å². The van der Waals surface area contributed by atoms with Gasteiger partial charge in [-0.15, -0.1) is 0 Å². The van der Waals surface area contributed by atoms with E-state index in [2.05, 4.69) is 70.8 Å². The van der Waals surface area contributed by atoms with Gasteiger partial charge in [0.25, 0.3) is 0 Å². The third-order valence-electron chi connectivity index (χ3n) is 3.50. The fourth-order valence-electron chi connectivity index (χ4n) is 2.79. The summed E-state index contributed by atoms with van der Waals surface area (Å²) in [5.74, 6) is 0. The van der Waals surface area contributed by atoms with Gasteiger partial charge in [-0.2, -0.15) is 0 Å². The van der Waals surface area contributed by atoms with Crippen LogP contribution in [0.4, 0.5) is 0 Å². The average molecular weight is 756 g/mol. The second kappa shape index (κ2) is 13.2. The fourth-order valence-corrected chi connectivity index (χ4v) is 7.92. The Morgan fingerprint density at radius 3 is 0.417 bits per heavy atom. The van der Waals surface area contributed by atoms with Crippen LogP contribution in [0.3, 0.4) is 0 Å². The van der Waals surface area contributed by atoms with Crippen molar-refractivity contribution in [2.24, 2.45) is 0 Å². The van der Waals surface area contributed by atoms with Crippen LogP contribution in [0.25, 0.3) is 0 Å². The van der Waals surface area contributed by atoms with Crippen LogP contribution in [0.15, 0.2) is 0 Å². The van der Waals surface area contributed by atoms with Gasteiger partial charge < -0.3 is 58.7 Å². The SMILES string of the molecule is OP(O)(=S)OC1C(OP(O)(O)=S)C(OP(O)(O)=S)C(OP(O)(O)=S)C(OP(O)(O)=S)C1OP(O)(O)=S. The molecule has 0 aromatic rings. The first-order chi connectivity index (χ1) is 15.6. The van der Waals surface area contributed by atoms with Crippen LogP contribution >= 0.6 is 40.3 Å². The minimum absolute atomic E-state index is 2.41. The van der Waals surface area contributed by atoms with E-state index in [0.29, 0.717) is 0 Å². The van der Waals surface area contributed by atoms with E-state index in [-0.39, 0.29) is 0 Å². The molecule has 0 spiro atoms. The molecule has 0 aliphatic heterocycles. The van der Waals surface area contributed by atoms with E-state index in [1.54, 1.807) is 0 Å². The summed E-state index contributed by atoms with van der Waals surface area (Å²) in [6.07, 6.45) is -14.5. The Morgan fingerprint density at radius 2 is 0.361 bits per heavy atom. The van der Waals surface area contributed by atoms with Crippen molar-refractivity contribution in [2.45, 2.75) is 36.6 Å². The molecule has 0 amide bonds. The Hall–Kier alpha value is 3.18. The second-order valence-corrected chi connectivity index (χ2v) is 22.1. The maximum atomic E-state index is 9.73. The average Bonchev–Trinajstić information content (AvgIpc) is 2.51. The van der Waals surface area contributed by atoms with Crippen LogP contribution in [0, 0.1) is 0 Å². The minimum atomic E-state index is -4.90. The lowest BCUT2D eigenvalue weighted by Crippen LogP contribution is -2.66. The Morgan fingerprint density at radius 1 is 0.278 bits per heavy atom. The van der Waals surface area contributed by atoms with Crippen molar-refractivity contribution in [1.82, 2.24) is 0 Å². The quantitative estimate of drug-likeness (QED) is 0.0922. The third kappa shape index (κ3) is 14.9. The topological polar surface area (TPSA) is 298 Å². The zero-order chi connectivity index (χ0) is 28.7. The summed E-state index contributed by atoms with van der Waals surface area (Å²) in [5, 5.41) is 0. The van der Waals surface area contributed by atoms with Gasteiger partial charge in [0.15, 0.2) is 0 Å². The fraction of sp³-hybridized carbons (Fsp3) is 1.00. The molecule has 1 aliphatic carbocycles. The molecule has 1 aliphatic rings. The molecular weight excluding hydrogens is 738 g/mol. The molecule has 0 unspecified atom stereocenters. The molecule has 0 bridgehead atoms. The van der Waals surface area contributed by atoms with E-state index in [1.165, 1.54) is 0 Å². The van der Waals surface area contributed by atoms with E-state index in [1.807, 2.05) is 0 Å². The van der Waals surface area contributed by atoms with E-state index in [9.17, 15) is 58.7 Å². The maximum Gasteiger partial charge on any atom is 0.322 e. The molecular formula is C6H18O18P6S6. The minimum Gasteiger partial charge on any atom is -0.325 e. The summed E-state index contributed by atoms with van der Waals surface area (Å²) >= 11 is 26.1. The highest BCUT2D eigenvalue weighted by molar-refractivity contribution is 8.08. The molecule has 1 saturated carbocycles. The first-order valence-corrected chi connectivity index (χ1v) is 23.8. The molecule has 0 radical (unpaired) electrons. The van der Waals surface area contributed by atoms with E-state index < -0.39 is 76.9 Å². The van der Waals surface area contributed by atoms with Gasteiger partial charge in [0.1, 0.15) is 36.6 Å². The molecule has 30 heteroatoms. The molecule has 0 saturated heterocycles. The van der Waals surface area contributed by atoms with Gasteiger partial charge in [-0.05, 0) is 70.8 Å². The smallest absolute Gasteiger partial charge is 0.322 e. The lowest BCUT2D eigenvalue weighted by Gasteiger charge is -2.49. The van der Waals surface area contributed by atoms with Crippen molar-refractivity contribution in [3.05, 3.63) is 0 Å². The molecule has 0 heterocycles. The number of hydrogen-bond acceptors (Lipinski definition) is 12. The molecule has 1 fully saturated rings. The normalized spacial score (nSPS) is 29.3. The summed E-state index contributed by atoms with van der Waals surface area (Å²) in [4.78, 5) is 117. The van der Waals surface area contributed by atoms with Gasteiger partial charge in [-0.25, -0.2) is 0 Å². The van der Waals surface area contributed by atoms with Crippen molar-refractivity contribution in [1.29, 1.82) is 0 Å². The number of hydrogen-bond donors (Lipinski definition) is 12. The molecule has 36 heavy (non-hydrogen) atoms. The lowest BCUT2D eigenvalue weighted by molar-refractivity contribution is -0.192. The first-order valence-electron chi connectivity index (χ1n) is 8.01. The molecule has 18 nitrogen and oxygen atoms in total. The van der Waals surface area contributed by atoms with Crippen molar-refractivity contribution < 1.29 is 85.9 Å². The zero-order valence-corrected chi connectivity index (χ0v) is 26.7. The van der Waals surface area contributed by atoms with Gasteiger partial charge >= 0.3 is 40.3 Å². The van der Waals surface area contributed by atoms with Crippen LogP contribution in [0.2, 0.25) is 0 Å². The third-order valence-corrected chi connectivity index (χ3v) is 8.15. The zero-order valence-electron chi connectivity index (χ0n) is 16.4. The van der Waals surface area contributed by atoms with Crippen LogP contribution in [0.5, 0.6) is 0 Å². The molecule has 0 aromatic carbocycles. The molecule has 216 valence electrons. The highest BCUT2D eigenvalue weighted by Gasteiger charge is 2.60. The Bertz CT molecular complexity index is 837. The summed E-state index contributed by atoms with van der Waals surface area (Å²) in [5.41, 5.74) is 0. The largest absolute Gasteiger partial charge is 0.325 e. The Labute approximate surface area is 232 Å². The van der Waals surface area contributed by atoms with E-state index in [4.69, 9.17) is 27.1 Å². The highest BCUT2D eigenvalue weighted by atomic mass is 32.5.